The number of aliphatic hydroxyl groups excluding tert-OH is 1. The van der Waals surface area contributed by atoms with Crippen molar-refractivity contribution in [2.45, 2.75) is 0 Å². The maximum atomic E-state index is 9.75. The molecule has 3 rings (SSSR count). The minimum absolute atomic E-state index is 0.0466. The van der Waals surface area contributed by atoms with Crippen LogP contribution in [0.25, 0.3) is 11.6 Å². The molecule has 0 aliphatic heterocycles. The Hall–Kier alpha value is -2.06. The predicted molar refractivity (Wildman–Crippen MR) is 77.2 cm³/mol. The lowest BCUT2D eigenvalue weighted by Gasteiger charge is -2.19. The zero-order valence-corrected chi connectivity index (χ0v) is 10.8. The topological polar surface area (TPSA) is 29.5 Å². The van der Waals surface area contributed by atoms with Crippen LogP contribution in [-0.4, -0.2) is 18.8 Å². The molecule has 0 radical (unpaired) electrons. The van der Waals surface area contributed by atoms with Gasteiger partial charge in [-0.2, -0.15) is 0 Å². The number of hydrogen-bond acceptors (Lipinski definition) is 2. The average Bonchev–Trinajstić information content (AvgIpc) is 2.63. The number of ether oxygens (including phenoxy) is 1. The fourth-order valence-electron chi connectivity index (χ4n) is 2.66. The molecule has 0 heterocycles. The molecule has 0 amide bonds. The molecule has 2 aliphatic carbocycles. The average molecular weight is 252 g/mol. The summed E-state index contributed by atoms with van der Waals surface area (Å²) in [6.07, 6.45) is 10.3. The summed E-state index contributed by atoms with van der Waals surface area (Å²) in [5.74, 6) is 1.02. The molecule has 1 unspecified atom stereocenters. The number of benzene rings is 1. The monoisotopic (exact) mass is 252 g/mol. The SMILES string of the molecule is COC1=CC2C=Cc3ccccc3C(CO)=C2C=C1. The molecule has 0 aromatic heterocycles. The Balaban J connectivity index is 2.19. The van der Waals surface area contributed by atoms with Crippen molar-refractivity contribution in [3.05, 3.63) is 71.0 Å². The molecule has 0 saturated heterocycles. The molecule has 0 bridgehead atoms. The second kappa shape index (κ2) is 4.90. The third-order valence-electron chi connectivity index (χ3n) is 3.64. The minimum Gasteiger partial charge on any atom is -0.497 e. The Kier molecular flexibility index (Phi) is 3.10. The summed E-state index contributed by atoms with van der Waals surface area (Å²) in [6, 6.07) is 8.16. The maximum Gasteiger partial charge on any atom is 0.115 e. The summed E-state index contributed by atoms with van der Waals surface area (Å²) in [7, 11) is 1.67. The quantitative estimate of drug-likeness (QED) is 0.876. The molecule has 1 N–H and O–H groups in total. The van der Waals surface area contributed by atoms with Gasteiger partial charge in [0.15, 0.2) is 0 Å². The van der Waals surface area contributed by atoms with Gasteiger partial charge in [0.1, 0.15) is 5.76 Å². The van der Waals surface area contributed by atoms with Gasteiger partial charge in [0.05, 0.1) is 13.7 Å². The molecule has 96 valence electrons. The minimum atomic E-state index is 0.0466. The third-order valence-corrected chi connectivity index (χ3v) is 3.64. The highest BCUT2D eigenvalue weighted by Gasteiger charge is 2.20. The van der Waals surface area contributed by atoms with Gasteiger partial charge in [0, 0.05) is 5.92 Å². The van der Waals surface area contributed by atoms with Crippen LogP contribution in [0.5, 0.6) is 0 Å². The Labute approximate surface area is 113 Å². The normalized spacial score (nSPS) is 20.5. The van der Waals surface area contributed by atoms with Gasteiger partial charge < -0.3 is 9.84 Å². The fraction of sp³-hybridized carbons (Fsp3) is 0.176. The van der Waals surface area contributed by atoms with E-state index in [9.17, 15) is 5.11 Å². The van der Waals surface area contributed by atoms with E-state index in [0.29, 0.717) is 0 Å². The number of hydrogen-bond donors (Lipinski definition) is 1. The second-order valence-corrected chi connectivity index (χ2v) is 4.67. The summed E-state index contributed by atoms with van der Waals surface area (Å²) in [5, 5.41) is 9.75. The zero-order valence-electron chi connectivity index (χ0n) is 10.8. The van der Waals surface area contributed by atoms with Crippen LogP contribution in [0.4, 0.5) is 0 Å². The van der Waals surface area contributed by atoms with Gasteiger partial charge >= 0.3 is 0 Å². The van der Waals surface area contributed by atoms with E-state index >= 15 is 0 Å². The van der Waals surface area contributed by atoms with E-state index in [-0.39, 0.29) is 12.5 Å². The molecule has 1 aromatic carbocycles. The summed E-state index contributed by atoms with van der Waals surface area (Å²) in [4.78, 5) is 0. The summed E-state index contributed by atoms with van der Waals surface area (Å²) in [6.45, 7) is 0.0466. The molecule has 1 atom stereocenters. The van der Waals surface area contributed by atoms with Gasteiger partial charge in [0.25, 0.3) is 0 Å². The largest absolute Gasteiger partial charge is 0.497 e. The molecule has 1 aromatic rings. The van der Waals surface area contributed by atoms with Crippen molar-refractivity contribution in [3.63, 3.8) is 0 Å². The van der Waals surface area contributed by atoms with Crippen molar-refractivity contribution in [1.82, 2.24) is 0 Å². The van der Waals surface area contributed by atoms with Crippen LogP contribution in [0.15, 0.2) is 59.9 Å². The molecule has 2 aliphatic rings. The van der Waals surface area contributed by atoms with E-state index in [0.717, 1.165) is 28.0 Å². The highest BCUT2D eigenvalue weighted by atomic mass is 16.5. The molecular formula is C17H16O2. The number of methoxy groups -OCH3 is 1. The van der Waals surface area contributed by atoms with Crippen molar-refractivity contribution < 1.29 is 9.84 Å². The first-order valence-corrected chi connectivity index (χ1v) is 6.39. The molecule has 2 heteroatoms. The van der Waals surface area contributed by atoms with Gasteiger partial charge in [-0.1, -0.05) is 42.5 Å². The number of aliphatic hydroxyl groups is 1. The van der Waals surface area contributed by atoms with Gasteiger partial charge in [-0.25, -0.2) is 0 Å². The van der Waals surface area contributed by atoms with Crippen LogP contribution < -0.4 is 0 Å². The highest BCUT2D eigenvalue weighted by molar-refractivity contribution is 5.81. The van der Waals surface area contributed by atoms with Crippen LogP contribution in [0.1, 0.15) is 11.1 Å². The number of allylic oxidation sites excluding steroid dienone is 5. The Bertz CT molecular complexity index is 618. The highest BCUT2D eigenvalue weighted by Crippen LogP contribution is 2.35. The van der Waals surface area contributed by atoms with Gasteiger partial charge in [-0.05, 0) is 34.4 Å². The smallest absolute Gasteiger partial charge is 0.115 e. The zero-order chi connectivity index (χ0) is 13.2. The first-order valence-electron chi connectivity index (χ1n) is 6.39. The van der Waals surface area contributed by atoms with Crippen LogP contribution in [-0.2, 0) is 4.74 Å². The van der Waals surface area contributed by atoms with Crippen molar-refractivity contribution in [2.75, 3.05) is 13.7 Å². The van der Waals surface area contributed by atoms with Crippen LogP contribution in [0, 0.1) is 5.92 Å². The first-order chi connectivity index (χ1) is 9.33. The summed E-state index contributed by atoms with van der Waals surface area (Å²) >= 11 is 0. The second-order valence-electron chi connectivity index (χ2n) is 4.67. The number of rotatable bonds is 2. The van der Waals surface area contributed by atoms with Crippen molar-refractivity contribution in [1.29, 1.82) is 0 Å². The van der Waals surface area contributed by atoms with E-state index in [1.165, 1.54) is 0 Å². The van der Waals surface area contributed by atoms with Crippen molar-refractivity contribution in [3.8, 4) is 0 Å². The molecule has 19 heavy (non-hydrogen) atoms. The fourth-order valence-corrected chi connectivity index (χ4v) is 2.66. The Morgan fingerprint density at radius 2 is 2.00 bits per heavy atom. The van der Waals surface area contributed by atoms with Gasteiger partial charge in [0.2, 0.25) is 0 Å². The number of fused-ring (bicyclic) bond motifs is 2. The van der Waals surface area contributed by atoms with Crippen LogP contribution >= 0.6 is 0 Å². The molecular weight excluding hydrogens is 236 g/mol. The van der Waals surface area contributed by atoms with E-state index in [1.54, 1.807) is 7.11 Å². The summed E-state index contributed by atoms with van der Waals surface area (Å²) < 4.78 is 5.28. The van der Waals surface area contributed by atoms with E-state index in [2.05, 4.69) is 30.4 Å². The van der Waals surface area contributed by atoms with E-state index in [1.807, 2.05) is 24.3 Å². The molecule has 2 nitrogen and oxygen atoms in total. The molecule has 0 saturated carbocycles. The third kappa shape index (κ3) is 2.04. The van der Waals surface area contributed by atoms with Crippen molar-refractivity contribution in [2.24, 2.45) is 5.92 Å². The van der Waals surface area contributed by atoms with E-state index in [4.69, 9.17) is 4.74 Å². The maximum absolute atomic E-state index is 9.75. The lowest BCUT2D eigenvalue weighted by atomic mass is 9.88. The van der Waals surface area contributed by atoms with Gasteiger partial charge in [-0.3, -0.25) is 0 Å². The summed E-state index contributed by atoms with van der Waals surface area (Å²) in [5.41, 5.74) is 4.39. The lowest BCUT2D eigenvalue weighted by molar-refractivity contribution is 0.303. The Morgan fingerprint density at radius 1 is 1.16 bits per heavy atom. The van der Waals surface area contributed by atoms with Gasteiger partial charge in [-0.15, -0.1) is 0 Å². The van der Waals surface area contributed by atoms with Crippen LogP contribution in [0.2, 0.25) is 0 Å². The first kappa shape index (κ1) is 12.0. The standard InChI is InChI=1S/C17H16O2/c1-19-14-8-9-16-13(10-14)7-6-12-4-2-3-5-15(12)17(16)11-18/h2-10,13,18H,11H2,1H3. The lowest BCUT2D eigenvalue weighted by Crippen LogP contribution is -2.06. The predicted octanol–water partition coefficient (Wildman–Crippen LogP) is 3.18. The molecule has 0 spiro atoms. The van der Waals surface area contributed by atoms with E-state index < -0.39 is 0 Å². The molecule has 0 fully saturated rings. The van der Waals surface area contributed by atoms with Crippen molar-refractivity contribution >= 4 is 11.6 Å². The Morgan fingerprint density at radius 3 is 2.79 bits per heavy atom. The van der Waals surface area contributed by atoms with Crippen LogP contribution in [0.3, 0.4) is 0 Å².